The quantitative estimate of drug-likeness (QED) is 0.163. The predicted octanol–water partition coefficient (Wildman–Crippen LogP) is 6.53. The lowest BCUT2D eigenvalue weighted by Gasteiger charge is -2.04. The van der Waals surface area contributed by atoms with Gasteiger partial charge in [0, 0.05) is 16.3 Å². The minimum Gasteiger partial charge on any atom is -0.272 e. The van der Waals surface area contributed by atoms with Gasteiger partial charge in [-0.25, -0.2) is 5.43 Å². The highest BCUT2D eigenvalue weighted by Crippen LogP contribution is 2.32. The first-order chi connectivity index (χ1) is 15.6. The van der Waals surface area contributed by atoms with E-state index in [-0.39, 0.29) is 11.7 Å². The van der Waals surface area contributed by atoms with Crippen LogP contribution in [0.2, 0.25) is 10.0 Å². The number of carbonyl (C=O) groups excluding carboxylic acids is 1. The minimum atomic E-state index is -0.239. The van der Waals surface area contributed by atoms with E-state index in [9.17, 15) is 4.79 Å². The van der Waals surface area contributed by atoms with Crippen molar-refractivity contribution in [3.8, 4) is 0 Å². The summed E-state index contributed by atoms with van der Waals surface area (Å²) in [6, 6.07) is 19.7. The van der Waals surface area contributed by atoms with E-state index in [0.29, 0.717) is 15.6 Å². The van der Waals surface area contributed by atoms with Gasteiger partial charge in [-0.05, 0) is 28.5 Å². The molecule has 0 radical (unpaired) electrons. The molecule has 1 amide bonds. The summed E-state index contributed by atoms with van der Waals surface area (Å²) in [6.45, 7) is 0. The molecule has 0 fully saturated rings. The van der Waals surface area contributed by atoms with Crippen molar-refractivity contribution in [2.75, 3.05) is 5.75 Å². The molecule has 1 aromatic heterocycles. The third-order valence-electron chi connectivity index (χ3n) is 4.30. The zero-order chi connectivity index (χ0) is 22.3. The molecule has 0 bridgehead atoms. The first kappa shape index (κ1) is 23.1. The zero-order valence-electron chi connectivity index (χ0n) is 16.5. The molecule has 0 aliphatic rings. The summed E-state index contributed by atoms with van der Waals surface area (Å²) < 4.78 is 1.61. The highest BCUT2D eigenvalue weighted by Gasteiger charge is 2.09. The molecule has 10 heteroatoms. The average Bonchev–Trinajstić information content (AvgIpc) is 3.25. The van der Waals surface area contributed by atoms with Gasteiger partial charge in [0.2, 0.25) is 0 Å². The molecule has 1 heterocycles. The van der Waals surface area contributed by atoms with Crippen LogP contribution in [0.1, 0.15) is 11.1 Å². The third-order valence-corrected chi connectivity index (χ3v) is 8.10. The van der Waals surface area contributed by atoms with Crippen molar-refractivity contribution < 1.29 is 4.79 Å². The van der Waals surface area contributed by atoms with Crippen LogP contribution < -0.4 is 5.43 Å². The number of rotatable bonds is 8. The van der Waals surface area contributed by atoms with Gasteiger partial charge in [-0.2, -0.15) is 5.10 Å². The summed E-state index contributed by atoms with van der Waals surface area (Å²) in [5.41, 5.74) is 4.41. The molecular weight excluding hydrogens is 503 g/mol. The Balaban J connectivity index is 1.26. The van der Waals surface area contributed by atoms with E-state index < -0.39 is 0 Å². The number of hydrogen-bond acceptors (Lipinski definition) is 7. The van der Waals surface area contributed by atoms with Crippen LogP contribution in [-0.4, -0.2) is 28.1 Å². The van der Waals surface area contributed by atoms with Crippen molar-refractivity contribution >= 4 is 81.0 Å². The van der Waals surface area contributed by atoms with E-state index in [1.54, 1.807) is 30.0 Å². The molecule has 0 aliphatic carbocycles. The van der Waals surface area contributed by atoms with E-state index in [4.69, 9.17) is 23.2 Å². The highest BCUT2D eigenvalue weighted by molar-refractivity contribution is 8.03. The summed E-state index contributed by atoms with van der Waals surface area (Å²) in [6.07, 6.45) is 1.48. The van der Waals surface area contributed by atoms with Crippen molar-refractivity contribution in [2.24, 2.45) is 5.10 Å². The molecule has 32 heavy (non-hydrogen) atoms. The van der Waals surface area contributed by atoms with Gasteiger partial charge in [0.05, 0.1) is 17.0 Å². The van der Waals surface area contributed by atoms with Crippen LogP contribution in [0.3, 0.4) is 0 Å². The van der Waals surface area contributed by atoms with E-state index in [2.05, 4.69) is 57.1 Å². The molecule has 1 N–H and O–H groups in total. The topological polar surface area (TPSA) is 67.2 Å². The minimum absolute atomic E-state index is 0.189. The summed E-state index contributed by atoms with van der Waals surface area (Å²) in [5, 5.41) is 15.8. The molecule has 0 aliphatic heterocycles. The molecule has 0 atom stereocenters. The second kappa shape index (κ2) is 11.2. The molecule has 3 aromatic carbocycles. The molecule has 0 saturated carbocycles. The number of nitrogens with zero attached hydrogens (tertiary/aromatic N) is 3. The maximum atomic E-state index is 12.0. The Kier molecular flexibility index (Phi) is 8.05. The van der Waals surface area contributed by atoms with Crippen LogP contribution in [0.25, 0.3) is 10.8 Å². The van der Waals surface area contributed by atoms with Crippen molar-refractivity contribution in [3.05, 3.63) is 81.8 Å². The lowest BCUT2D eigenvalue weighted by Crippen LogP contribution is -2.19. The van der Waals surface area contributed by atoms with Crippen LogP contribution in [0.5, 0.6) is 0 Å². The molecule has 0 unspecified atom stereocenters. The Labute approximate surface area is 207 Å². The van der Waals surface area contributed by atoms with E-state index in [1.165, 1.54) is 45.6 Å². The van der Waals surface area contributed by atoms with Crippen LogP contribution in [0.4, 0.5) is 0 Å². The molecule has 4 rings (SSSR count). The fourth-order valence-electron chi connectivity index (χ4n) is 2.81. The number of amides is 1. The fourth-order valence-corrected chi connectivity index (χ4v) is 6.08. The summed E-state index contributed by atoms with van der Waals surface area (Å²) in [4.78, 5) is 12.0. The second-order valence-electron chi connectivity index (χ2n) is 6.51. The molecule has 4 aromatic rings. The lowest BCUT2D eigenvalue weighted by atomic mass is 10.1. The first-order valence-electron chi connectivity index (χ1n) is 9.41. The highest BCUT2D eigenvalue weighted by atomic mass is 35.5. The SMILES string of the molecule is O=C(CSc1nnc(SCc2cccc3ccccc23)s1)N/N=C\c1ccc(Cl)cc1Cl. The Bertz CT molecular complexity index is 1270. The Morgan fingerprint density at radius 2 is 1.81 bits per heavy atom. The van der Waals surface area contributed by atoms with Gasteiger partial charge < -0.3 is 0 Å². The van der Waals surface area contributed by atoms with E-state index >= 15 is 0 Å². The van der Waals surface area contributed by atoms with Crippen molar-refractivity contribution in [2.45, 2.75) is 14.4 Å². The van der Waals surface area contributed by atoms with E-state index in [1.807, 2.05) is 6.07 Å². The van der Waals surface area contributed by atoms with Crippen LogP contribution in [0, 0.1) is 0 Å². The normalized spacial score (nSPS) is 11.3. The number of halogens is 2. The van der Waals surface area contributed by atoms with Crippen LogP contribution >= 0.6 is 58.1 Å². The fraction of sp³-hybridized carbons (Fsp3) is 0.0909. The summed E-state index contributed by atoms with van der Waals surface area (Å²) in [7, 11) is 0. The third kappa shape index (κ3) is 6.24. The number of carbonyl (C=O) groups is 1. The van der Waals surface area contributed by atoms with Crippen molar-refractivity contribution in [3.63, 3.8) is 0 Å². The Morgan fingerprint density at radius 1 is 1.03 bits per heavy atom. The van der Waals surface area contributed by atoms with Gasteiger partial charge in [0.1, 0.15) is 0 Å². The maximum Gasteiger partial charge on any atom is 0.250 e. The first-order valence-corrected chi connectivity index (χ1v) is 13.0. The van der Waals surface area contributed by atoms with Gasteiger partial charge in [0.25, 0.3) is 5.91 Å². The maximum absolute atomic E-state index is 12.0. The zero-order valence-corrected chi connectivity index (χ0v) is 20.5. The number of hydrazone groups is 1. The predicted molar refractivity (Wildman–Crippen MR) is 136 cm³/mol. The van der Waals surface area contributed by atoms with Gasteiger partial charge in [-0.3, -0.25) is 4.79 Å². The summed E-state index contributed by atoms with van der Waals surface area (Å²) >= 11 is 16.4. The van der Waals surface area contributed by atoms with Crippen molar-refractivity contribution in [1.82, 2.24) is 15.6 Å². The van der Waals surface area contributed by atoms with Crippen LogP contribution in [0.15, 0.2) is 74.4 Å². The van der Waals surface area contributed by atoms with Crippen LogP contribution in [-0.2, 0) is 10.5 Å². The Hall–Kier alpha value is -2.10. The van der Waals surface area contributed by atoms with Gasteiger partial charge in [0.15, 0.2) is 8.68 Å². The molecular formula is C22H16Cl2N4OS3. The van der Waals surface area contributed by atoms with Gasteiger partial charge in [-0.15, -0.1) is 10.2 Å². The monoisotopic (exact) mass is 518 g/mol. The number of hydrogen-bond donors (Lipinski definition) is 1. The van der Waals surface area contributed by atoms with Crippen molar-refractivity contribution in [1.29, 1.82) is 0 Å². The molecule has 5 nitrogen and oxygen atoms in total. The smallest absolute Gasteiger partial charge is 0.250 e. The number of aromatic nitrogens is 2. The van der Waals surface area contributed by atoms with Gasteiger partial charge in [-0.1, -0.05) is 107 Å². The standard InChI is InChI=1S/C22H16Cl2N4OS3/c23-17-9-8-15(19(24)10-17)11-25-26-20(29)13-31-22-28-27-21(32-22)30-12-16-6-3-5-14-4-1-2-7-18(14)16/h1-11H,12-13H2,(H,26,29)/b25-11-. The van der Waals surface area contributed by atoms with Gasteiger partial charge >= 0.3 is 0 Å². The molecule has 162 valence electrons. The van der Waals surface area contributed by atoms with E-state index in [0.717, 1.165) is 14.4 Å². The molecule has 0 saturated heterocycles. The largest absolute Gasteiger partial charge is 0.272 e. The average molecular weight is 520 g/mol. The Morgan fingerprint density at radius 3 is 2.66 bits per heavy atom. The number of fused-ring (bicyclic) bond motifs is 1. The number of thioether (sulfide) groups is 2. The summed E-state index contributed by atoms with van der Waals surface area (Å²) in [5.74, 6) is 0.758. The number of nitrogens with one attached hydrogen (secondary N) is 1. The lowest BCUT2D eigenvalue weighted by molar-refractivity contribution is -0.118. The molecule has 0 spiro atoms. The second-order valence-corrected chi connectivity index (χ2v) is 10.8. The number of benzene rings is 3.